The first kappa shape index (κ1) is 23.5. The van der Waals surface area contributed by atoms with E-state index >= 15 is 0 Å². The van der Waals surface area contributed by atoms with Crippen LogP contribution >= 0.6 is 0 Å². The smallest absolute Gasteiger partial charge is 0.296 e. The van der Waals surface area contributed by atoms with Gasteiger partial charge in [-0.05, 0) is 49.1 Å². The van der Waals surface area contributed by atoms with E-state index in [2.05, 4.69) is 40.4 Å². The molecule has 1 aliphatic rings. The van der Waals surface area contributed by atoms with E-state index in [4.69, 9.17) is 15.6 Å². The predicted molar refractivity (Wildman–Crippen MR) is 138 cm³/mol. The molecule has 1 atom stereocenters. The van der Waals surface area contributed by atoms with Crippen LogP contribution in [0.1, 0.15) is 61.4 Å². The zero-order chi connectivity index (χ0) is 23.8. The number of aromatic nitrogens is 2. The third kappa shape index (κ3) is 6.44. The fourth-order valence-corrected chi connectivity index (χ4v) is 4.46. The molecule has 0 unspecified atom stereocenters. The van der Waals surface area contributed by atoms with Crippen LogP contribution in [-0.4, -0.2) is 15.8 Å². The Balaban J connectivity index is 0.000000257. The Labute approximate surface area is 201 Å². The van der Waals surface area contributed by atoms with E-state index in [-0.39, 0.29) is 11.9 Å². The summed E-state index contributed by atoms with van der Waals surface area (Å²) in [5.74, 6) is 0.871. The Bertz CT molecular complexity index is 1180. The molecule has 0 spiro atoms. The number of nitrogens with two attached hydrogens (primary N) is 1. The summed E-state index contributed by atoms with van der Waals surface area (Å²) >= 11 is 0. The number of nitrogens with one attached hydrogen (secondary N) is 2. The van der Waals surface area contributed by atoms with E-state index in [1.54, 1.807) is 0 Å². The van der Waals surface area contributed by atoms with Crippen LogP contribution in [0.5, 0.6) is 0 Å². The van der Waals surface area contributed by atoms with Crippen molar-refractivity contribution in [3.05, 3.63) is 89.7 Å². The van der Waals surface area contributed by atoms with Crippen LogP contribution in [0.4, 0.5) is 6.01 Å². The van der Waals surface area contributed by atoms with E-state index in [0.717, 1.165) is 34.7 Å². The van der Waals surface area contributed by atoms with Gasteiger partial charge in [-0.25, -0.2) is 0 Å². The zero-order valence-corrected chi connectivity index (χ0v) is 19.7. The monoisotopic (exact) mass is 455 g/mol. The summed E-state index contributed by atoms with van der Waals surface area (Å²) in [6.07, 6.45) is 9.65. The lowest BCUT2D eigenvalue weighted by Gasteiger charge is -2.26. The fourth-order valence-electron chi connectivity index (χ4n) is 4.46. The molecule has 0 amide bonds. The van der Waals surface area contributed by atoms with Crippen molar-refractivity contribution < 1.29 is 4.42 Å². The molecule has 5 rings (SSSR count). The number of fused-ring (bicyclic) bond motifs is 1. The first-order valence-corrected chi connectivity index (χ1v) is 12.0. The number of amidine groups is 1. The molecule has 2 heterocycles. The van der Waals surface area contributed by atoms with Crippen LogP contribution in [-0.2, 0) is 0 Å². The summed E-state index contributed by atoms with van der Waals surface area (Å²) in [6.45, 7) is 2.07. The third-order valence-corrected chi connectivity index (χ3v) is 6.26. The van der Waals surface area contributed by atoms with Gasteiger partial charge in [0.15, 0.2) is 5.58 Å². The van der Waals surface area contributed by atoms with Gasteiger partial charge in [-0.1, -0.05) is 74.6 Å². The van der Waals surface area contributed by atoms with Crippen LogP contribution in [0, 0.1) is 18.3 Å². The second-order valence-electron chi connectivity index (χ2n) is 8.96. The van der Waals surface area contributed by atoms with Gasteiger partial charge in [-0.3, -0.25) is 10.4 Å². The highest BCUT2D eigenvalue weighted by Crippen LogP contribution is 2.33. The molecule has 2 aromatic heterocycles. The van der Waals surface area contributed by atoms with Gasteiger partial charge in [0.05, 0.1) is 11.7 Å². The Morgan fingerprint density at radius 2 is 1.82 bits per heavy atom. The number of rotatable bonds is 6. The van der Waals surface area contributed by atoms with Gasteiger partial charge in [0.25, 0.3) is 6.01 Å². The number of anilines is 1. The summed E-state index contributed by atoms with van der Waals surface area (Å²) in [7, 11) is 0. The first-order chi connectivity index (χ1) is 16.6. The first-order valence-electron chi connectivity index (χ1n) is 12.0. The highest BCUT2D eigenvalue weighted by molar-refractivity contribution is 5.94. The molecular weight excluding hydrogens is 422 g/mol. The lowest BCUT2D eigenvalue weighted by atomic mass is 9.84. The van der Waals surface area contributed by atoms with Gasteiger partial charge in [-0.15, -0.1) is 0 Å². The SMILES string of the molecule is Cc1ccc2oc(N[C@@H](CC3CCCCC3)c3ccccn3)nc2c1.N=C(N)c1ccccc1. The average molecular weight is 456 g/mol. The molecule has 0 radical (unpaired) electrons. The second-order valence-corrected chi connectivity index (χ2v) is 8.96. The molecule has 1 fully saturated rings. The van der Waals surface area contributed by atoms with Crippen molar-refractivity contribution in [2.75, 3.05) is 5.32 Å². The van der Waals surface area contributed by atoms with Gasteiger partial charge < -0.3 is 15.5 Å². The molecule has 176 valence electrons. The molecule has 4 N–H and O–H groups in total. The summed E-state index contributed by atoms with van der Waals surface area (Å²) in [4.78, 5) is 9.20. The number of nitrogen functional groups attached to an aromatic ring is 1. The maximum atomic E-state index is 7.01. The minimum absolute atomic E-state index is 0.121. The summed E-state index contributed by atoms with van der Waals surface area (Å²) in [5.41, 5.74) is 9.95. The van der Waals surface area contributed by atoms with E-state index in [1.807, 2.05) is 54.7 Å². The van der Waals surface area contributed by atoms with Gasteiger partial charge in [0, 0.05) is 11.8 Å². The van der Waals surface area contributed by atoms with E-state index < -0.39 is 0 Å². The number of benzene rings is 2. The molecule has 6 heteroatoms. The molecule has 0 bridgehead atoms. The maximum absolute atomic E-state index is 7.01. The molecule has 1 aliphatic carbocycles. The third-order valence-electron chi connectivity index (χ3n) is 6.26. The fraction of sp³-hybridized carbons (Fsp3) is 0.321. The molecule has 0 aliphatic heterocycles. The Kier molecular flexibility index (Phi) is 7.91. The Morgan fingerprint density at radius 1 is 1.06 bits per heavy atom. The highest BCUT2D eigenvalue weighted by Gasteiger charge is 2.22. The highest BCUT2D eigenvalue weighted by atomic mass is 16.4. The second kappa shape index (κ2) is 11.5. The zero-order valence-electron chi connectivity index (χ0n) is 19.7. The Morgan fingerprint density at radius 3 is 2.50 bits per heavy atom. The number of pyridine rings is 1. The number of aryl methyl sites for hydroxylation is 1. The molecule has 1 saturated carbocycles. The van der Waals surface area contributed by atoms with Gasteiger partial charge in [0.2, 0.25) is 0 Å². The van der Waals surface area contributed by atoms with Gasteiger partial charge in [0.1, 0.15) is 11.4 Å². The molecule has 6 nitrogen and oxygen atoms in total. The van der Waals surface area contributed by atoms with Crippen molar-refractivity contribution in [2.45, 2.75) is 51.5 Å². The largest absolute Gasteiger partial charge is 0.424 e. The molecular formula is C28H33N5O. The molecule has 4 aromatic rings. The lowest BCUT2D eigenvalue weighted by molar-refractivity contribution is 0.322. The number of oxazole rings is 1. The maximum Gasteiger partial charge on any atom is 0.296 e. The topological polar surface area (TPSA) is 101 Å². The quantitative estimate of drug-likeness (QED) is 0.224. The van der Waals surface area contributed by atoms with Crippen molar-refractivity contribution in [1.82, 2.24) is 9.97 Å². The van der Waals surface area contributed by atoms with Crippen molar-refractivity contribution in [1.29, 1.82) is 5.41 Å². The van der Waals surface area contributed by atoms with Crippen molar-refractivity contribution in [3.63, 3.8) is 0 Å². The minimum Gasteiger partial charge on any atom is -0.424 e. The van der Waals surface area contributed by atoms with Crippen molar-refractivity contribution >= 4 is 22.9 Å². The van der Waals surface area contributed by atoms with Gasteiger partial charge >= 0.3 is 0 Å². The molecule has 2 aromatic carbocycles. The summed E-state index contributed by atoms with van der Waals surface area (Å²) in [5, 5.41) is 10.5. The minimum atomic E-state index is 0.121. The standard InChI is InChI=1S/C21H25N3O.C7H8N2/c1-15-10-11-20-19(13-15)24-21(25-20)23-18(17-9-5-6-12-22-17)14-16-7-3-2-4-8-16;8-7(9)6-4-2-1-3-5-6/h5-6,9-13,16,18H,2-4,7-8,14H2,1H3,(H,23,24);1-5H,(H3,8,9)/t18-;/m0./s1. The number of nitrogens with zero attached hydrogens (tertiary/aromatic N) is 2. The Hall–Kier alpha value is -3.67. The van der Waals surface area contributed by atoms with Crippen LogP contribution < -0.4 is 11.1 Å². The molecule has 34 heavy (non-hydrogen) atoms. The van der Waals surface area contributed by atoms with Crippen molar-refractivity contribution in [3.8, 4) is 0 Å². The van der Waals surface area contributed by atoms with Crippen LogP contribution in [0.3, 0.4) is 0 Å². The number of hydrogen-bond donors (Lipinski definition) is 3. The van der Waals surface area contributed by atoms with Crippen LogP contribution in [0.2, 0.25) is 0 Å². The predicted octanol–water partition coefficient (Wildman–Crippen LogP) is 6.63. The summed E-state index contributed by atoms with van der Waals surface area (Å²) in [6, 6.07) is 22.1. The van der Waals surface area contributed by atoms with E-state index in [1.165, 1.54) is 37.7 Å². The van der Waals surface area contributed by atoms with Crippen LogP contribution in [0.25, 0.3) is 11.1 Å². The van der Waals surface area contributed by atoms with Crippen LogP contribution in [0.15, 0.2) is 77.3 Å². The van der Waals surface area contributed by atoms with E-state index in [9.17, 15) is 0 Å². The van der Waals surface area contributed by atoms with E-state index in [0.29, 0.717) is 6.01 Å². The van der Waals surface area contributed by atoms with Gasteiger partial charge in [-0.2, -0.15) is 4.98 Å². The number of hydrogen-bond acceptors (Lipinski definition) is 5. The normalized spacial score (nSPS) is 14.7. The van der Waals surface area contributed by atoms with Crippen molar-refractivity contribution in [2.24, 2.45) is 11.7 Å². The molecule has 0 saturated heterocycles. The summed E-state index contributed by atoms with van der Waals surface area (Å²) < 4.78 is 5.91. The lowest BCUT2D eigenvalue weighted by Crippen LogP contribution is -2.18. The average Bonchev–Trinajstić information content (AvgIpc) is 3.27.